The van der Waals surface area contributed by atoms with Crippen LogP contribution in [0, 0.1) is 5.92 Å². The molecule has 0 aromatic carbocycles. The zero-order chi connectivity index (χ0) is 14.8. The molecular weight excluding hydrogens is 297 g/mol. The number of nitrogens with one attached hydrogen (secondary N) is 1. The highest BCUT2D eigenvalue weighted by Gasteiger charge is 2.56. The van der Waals surface area contributed by atoms with Gasteiger partial charge in [-0.15, -0.1) is 23.2 Å². The van der Waals surface area contributed by atoms with Gasteiger partial charge >= 0.3 is 0 Å². The van der Waals surface area contributed by atoms with E-state index in [0.29, 0.717) is 13.0 Å². The molecule has 1 aliphatic rings. The van der Waals surface area contributed by atoms with Crippen LogP contribution in [0.15, 0.2) is 18.3 Å². The van der Waals surface area contributed by atoms with E-state index in [9.17, 15) is 4.79 Å². The van der Waals surface area contributed by atoms with Gasteiger partial charge < -0.3 is 10.2 Å². The molecule has 1 heterocycles. The van der Waals surface area contributed by atoms with Gasteiger partial charge in [0.2, 0.25) is 5.91 Å². The Kier molecular flexibility index (Phi) is 4.76. The lowest BCUT2D eigenvalue weighted by Crippen LogP contribution is -2.26. The van der Waals surface area contributed by atoms with Crippen molar-refractivity contribution in [2.75, 3.05) is 18.0 Å². The smallest absolute Gasteiger partial charge is 0.226 e. The Morgan fingerprint density at radius 2 is 2.10 bits per heavy atom. The van der Waals surface area contributed by atoms with Gasteiger partial charge in [-0.3, -0.25) is 4.79 Å². The summed E-state index contributed by atoms with van der Waals surface area (Å²) in [6.07, 6.45) is 2.32. The fraction of sp³-hybridized carbons (Fsp3) is 0.571. The van der Waals surface area contributed by atoms with E-state index in [-0.39, 0.29) is 11.8 Å². The summed E-state index contributed by atoms with van der Waals surface area (Å²) in [6.45, 7) is 6.49. The number of pyridine rings is 1. The van der Waals surface area contributed by atoms with E-state index >= 15 is 0 Å². The van der Waals surface area contributed by atoms with Crippen molar-refractivity contribution >= 4 is 34.9 Å². The molecule has 20 heavy (non-hydrogen) atoms. The Labute approximate surface area is 129 Å². The van der Waals surface area contributed by atoms with E-state index in [4.69, 9.17) is 23.2 Å². The van der Waals surface area contributed by atoms with E-state index in [1.54, 1.807) is 6.20 Å². The van der Waals surface area contributed by atoms with Crippen LogP contribution in [0.2, 0.25) is 0 Å². The number of anilines is 1. The third kappa shape index (κ3) is 3.55. The third-order valence-electron chi connectivity index (χ3n) is 3.51. The molecule has 1 atom stereocenters. The van der Waals surface area contributed by atoms with Gasteiger partial charge in [0.05, 0.1) is 5.92 Å². The summed E-state index contributed by atoms with van der Waals surface area (Å²) in [7, 11) is 0. The molecule has 4 nitrogen and oxygen atoms in total. The van der Waals surface area contributed by atoms with Crippen molar-refractivity contribution in [3.63, 3.8) is 0 Å². The minimum atomic E-state index is -0.866. The average Bonchev–Trinajstić information content (AvgIpc) is 3.08. The summed E-state index contributed by atoms with van der Waals surface area (Å²) >= 11 is 11.7. The van der Waals surface area contributed by atoms with Crippen LogP contribution in [-0.2, 0) is 11.3 Å². The van der Waals surface area contributed by atoms with Gasteiger partial charge in [-0.2, -0.15) is 0 Å². The molecular formula is C14H19Cl2N3O. The van der Waals surface area contributed by atoms with E-state index < -0.39 is 4.33 Å². The van der Waals surface area contributed by atoms with Crippen LogP contribution in [0.25, 0.3) is 0 Å². The fourth-order valence-corrected chi connectivity index (χ4v) is 2.57. The van der Waals surface area contributed by atoms with Crippen molar-refractivity contribution in [3.8, 4) is 0 Å². The predicted molar refractivity (Wildman–Crippen MR) is 82.2 cm³/mol. The standard InChI is InChI=1S/C14H19Cl2N3O/c1-3-19(4-2)12-6-5-10(8-17-12)9-18-13(20)11-7-14(11,15)16/h5-6,8,11H,3-4,7,9H2,1-2H3,(H,18,20). The Morgan fingerprint density at radius 1 is 1.45 bits per heavy atom. The van der Waals surface area contributed by atoms with E-state index in [2.05, 4.69) is 29.0 Å². The van der Waals surface area contributed by atoms with Crippen LogP contribution >= 0.6 is 23.2 Å². The zero-order valence-corrected chi connectivity index (χ0v) is 13.2. The van der Waals surface area contributed by atoms with Gasteiger partial charge in [0.1, 0.15) is 10.2 Å². The lowest BCUT2D eigenvalue weighted by molar-refractivity contribution is -0.122. The molecule has 2 rings (SSSR count). The Bertz CT molecular complexity index is 472. The lowest BCUT2D eigenvalue weighted by atomic mass is 10.2. The number of carbonyl (C=O) groups is 1. The number of rotatable bonds is 6. The van der Waals surface area contributed by atoms with Crippen LogP contribution < -0.4 is 10.2 Å². The molecule has 1 aromatic rings. The maximum Gasteiger partial charge on any atom is 0.226 e. The van der Waals surface area contributed by atoms with Crippen molar-refractivity contribution in [1.29, 1.82) is 0 Å². The van der Waals surface area contributed by atoms with Crippen molar-refractivity contribution in [1.82, 2.24) is 10.3 Å². The molecule has 1 unspecified atom stereocenters. The van der Waals surface area contributed by atoms with Crippen molar-refractivity contribution < 1.29 is 4.79 Å². The first kappa shape index (κ1) is 15.4. The SMILES string of the molecule is CCN(CC)c1ccc(CNC(=O)C2CC2(Cl)Cl)cn1. The number of alkyl halides is 2. The molecule has 1 amide bonds. The molecule has 0 bridgehead atoms. The van der Waals surface area contributed by atoms with E-state index in [0.717, 1.165) is 24.5 Å². The maximum atomic E-state index is 11.8. The second kappa shape index (κ2) is 6.19. The molecule has 1 aromatic heterocycles. The summed E-state index contributed by atoms with van der Waals surface area (Å²) in [4.78, 5) is 18.3. The van der Waals surface area contributed by atoms with Crippen LogP contribution in [0.5, 0.6) is 0 Å². The van der Waals surface area contributed by atoms with Crippen molar-refractivity contribution in [2.45, 2.75) is 31.1 Å². The number of hydrogen-bond acceptors (Lipinski definition) is 3. The first-order chi connectivity index (χ1) is 9.47. The number of aromatic nitrogens is 1. The number of hydrogen-bond donors (Lipinski definition) is 1. The summed E-state index contributed by atoms with van der Waals surface area (Å²) in [6, 6.07) is 3.95. The maximum absolute atomic E-state index is 11.8. The molecule has 0 spiro atoms. The summed E-state index contributed by atoms with van der Waals surface area (Å²) in [5, 5.41) is 2.83. The summed E-state index contributed by atoms with van der Waals surface area (Å²) < 4.78 is -0.866. The number of carbonyl (C=O) groups excluding carboxylic acids is 1. The van der Waals surface area contributed by atoms with Crippen LogP contribution in [0.3, 0.4) is 0 Å². The van der Waals surface area contributed by atoms with Crippen molar-refractivity contribution in [3.05, 3.63) is 23.9 Å². The number of halogens is 2. The van der Waals surface area contributed by atoms with Crippen LogP contribution in [0.4, 0.5) is 5.82 Å². The normalized spacial score (nSPS) is 19.5. The average molecular weight is 316 g/mol. The Hall–Kier alpha value is -1.00. The molecule has 1 saturated carbocycles. The minimum Gasteiger partial charge on any atom is -0.357 e. The minimum absolute atomic E-state index is 0.0946. The topological polar surface area (TPSA) is 45.2 Å². The van der Waals surface area contributed by atoms with Gasteiger partial charge in [-0.1, -0.05) is 6.07 Å². The monoisotopic (exact) mass is 315 g/mol. The largest absolute Gasteiger partial charge is 0.357 e. The van der Waals surface area contributed by atoms with Gasteiger partial charge in [0.25, 0.3) is 0 Å². The highest BCUT2D eigenvalue weighted by Crippen LogP contribution is 2.53. The number of amides is 1. The second-order valence-electron chi connectivity index (χ2n) is 4.93. The molecule has 0 saturated heterocycles. The van der Waals surface area contributed by atoms with Gasteiger partial charge in [0.15, 0.2) is 0 Å². The first-order valence-corrected chi connectivity index (χ1v) is 7.59. The molecule has 1 fully saturated rings. The Balaban J connectivity index is 1.86. The zero-order valence-electron chi connectivity index (χ0n) is 11.7. The molecule has 1 N–H and O–H groups in total. The fourth-order valence-electron chi connectivity index (χ4n) is 2.07. The van der Waals surface area contributed by atoms with Crippen LogP contribution in [0.1, 0.15) is 25.8 Å². The van der Waals surface area contributed by atoms with E-state index in [1.807, 2.05) is 12.1 Å². The Morgan fingerprint density at radius 3 is 2.55 bits per heavy atom. The molecule has 1 aliphatic carbocycles. The second-order valence-corrected chi connectivity index (χ2v) is 6.47. The highest BCUT2D eigenvalue weighted by atomic mass is 35.5. The first-order valence-electron chi connectivity index (χ1n) is 6.83. The third-order valence-corrected chi connectivity index (χ3v) is 4.34. The molecule has 0 aliphatic heterocycles. The molecule has 6 heteroatoms. The summed E-state index contributed by atoms with van der Waals surface area (Å²) in [5.74, 6) is 0.573. The highest BCUT2D eigenvalue weighted by molar-refractivity contribution is 6.52. The quantitative estimate of drug-likeness (QED) is 0.821. The van der Waals surface area contributed by atoms with Crippen molar-refractivity contribution in [2.24, 2.45) is 5.92 Å². The summed E-state index contributed by atoms with van der Waals surface area (Å²) in [5.41, 5.74) is 0.963. The van der Waals surface area contributed by atoms with Gasteiger partial charge in [-0.25, -0.2) is 4.98 Å². The molecule has 0 radical (unpaired) electrons. The van der Waals surface area contributed by atoms with Gasteiger partial charge in [-0.05, 0) is 31.9 Å². The number of nitrogens with zero attached hydrogens (tertiary/aromatic N) is 2. The van der Waals surface area contributed by atoms with Crippen LogP contribution in [-0.4, -0.2) is 28.3 Å². The lowest BCUT2D eigenvalue weighted by Gasteiger charge is -2.19. The van der Waals surface area contributed by atoms with Gasteiger partial charge in [0, 0.05) is 25.8 Å². The predicted octanol–water partition coefficient (Wildman–Crippen LogP) is 2.74. The molecule has 110 valence electrons. The van der Waals surface area contributed by atoms with E-state index in [1.165, 1.54) is 0 Å².